The average Bonchev–Trinajstić information content (AvgIpc) is 3.18. The van der Waals surface area contributed by atoms with Crippen molar-refractivity contribution < 1.29 is 32.2 Å². The lowest BCUT2D eigenvalue weighted by Crippen LogP contribution is -2.14. The molecule has 0 radical (unpaired) electrons. The monoisotopic (exact) mass is 446 g/mol. The minimum atomic E-state index is -2.97. The van der Waals surface area contributed by atoms with Crippen molar-refractivity contribution in [2.45, 2.75) is 39.9 Å². The maximum atomic E-state index is 12.7. The van der Waals surface area contributed by atoms with Crippen molar-refractivity contribution in [3.05, 3.63) is 59.5 Å². The van der Waals surface area contributed by atoms with Gasteiger partial charge in [0.1, 0.15) is 12.0 Å². The number of carbonyl (C=O) groups excluding carboxylic acids is 1. The zero-order chi connectivity index (χ0) is 23.3. The number of primary amides is 1. The molecule has 3 aromatic rings. The Kier molecular flexibility index (Phi) is 7.29. The molecule has 2 N–H and O–H groups in total. The zero-order valence-corrected chi connectivity index (χ0v) is 17.9. The fraction of sp³-hybridized carbons (Fsp3) is 0.304. The van der Waals surface area contributed by atoms with Gasteiger partial charge >= 0.3 is 6.61 Å². The fourth-order valence-electron chi connectivity index (χ4n) is 3.13. The Bertz CT molecular complexity index is 1080. The van der Waals surface area contributed by atoms with Crippen molar-refractivity contribution in [3.8, 4) is 28.7 Å². The maximum Gasteiger partial charge on any atom is 0.387 e. The highest BCUT2D eigenvalue weighted by molar-refractivity contribution is 5.96. The smallest absolute Gasteiger partial charge is 0.387 e. The largest absolute Gasteiger partial charge is 0.493 e. The van der Waals surface area contributed by atoms with Crippen LogP contribution in [-0.4, -0.2) is 30.2 Å². The Morgan fingerprint density at radius 1 is 1.16 bits per heavy atom. The van der Waals surface area contributed by atoms with Crippen LogP contribution in [0.1, 0.15) is 42.4 Å². The summed E-state index contributed by atoms with van der Waals surface area (Å²) in [4.78, 5) is 16.2. The van der Waals surface area contributed by atoms with Gasteiger partial charge in [-0.3, -0.25) is 4.79 Å². The number of hydrogen-bond acceptors (Lipinski definition) is 6. The summed E-state index contributed by atoms with van der Waals surface area (Å²) in [6.07, 6.45) is 1.57. The summed E-state index contributed by atoms with van der Waals surface area (Å²) in [5, 5.41) is 0. The molecule has 1 amide bonds. The van der Waals surface area contributed by atoms with Crippen LogP contribution >= 0.6 is 0 Å². The third-order valence-corrected chi connectivity index (χ3v) is 4.34. The van der Waals surface area contributed by atoms with Gasteiger partial charge in [-0.2, -0.15) is 8.78 Å². The molecule has 0 bridgehead atoms. The first-order valence-electron chi connectivity index (χ1n) is 10.0. The van der Waals surface area contributed by atoms with Crippen molar-refractivity contribution in [2.75, 3.05) is 6.61 Å². The number of ether oxygens (including phenoxy) is 3. The van der Waals surface area contributed by atoms with Crippen LogP contribution in [0.2, 0.25) is 0 Å². The highest BCUT2D eigenvalue weighted by atomic mass is 19.3. The van der Waals surface area contributed by atoms with Gasteiger partial charge in [-0.1, -0.05) is 12.1 Å². The summed E-state index contributed by atoms with van der Waals surface area (Å²) >= 11 is 0. The van der Waals surface area contributed by atoms with E-state index in [0.717, 1.165) is 5.56 Å². The predicted molar refractivity (Wildman–Crippen MR) is 113 cm³/mol. The van der Waals surface area contributed by atoms with Gasteiger partial charge in [0.2, 0.25) is 5.89 Å². The summed E-state index contributed by atoms with van der Waals surface area (Å²) < 4.78 is 46.7. The minimum Gasteiger partial charge on any atom is -0.493 e. The molecule has 1 heterocycles. The van der Waals surface area contributed by atoms with E-state index in [-0.39, 0.29) is 29.1 Å². The van der Waals surface area contributed by atoms with Gasteiger partial charge in [-0.25, -0.2) is 4.98 Å². The molecule has 2 aromatic carbocycles. The SMILES string of the molecule is CCOc1c(Cc2coc(-c3ccc(OC(F)F)c(OC(C)C)c3)n2)cccc1C(N)=O. The van der Waals surface area contributed by atoms with Gasteiger partial charge in [0.15, 0.2) is 11.5 Å². The van der Waals surface area contributed by atoms with Gasteiger partial charge in [-0.05, 0) is 45.0 Å². The number of hydrogen-bond donors (Lipinski definition) is 1. The van der Waals surface area contributed by atoms with Crippen LogP contribution in [-0.2, 0) is 6.42 Å². The van der Waals surface area contributed by atoms with E-state index in [9.17, 15) is 13.6 Å². The average molecular weight is 446 g/mol. The van der Waals surface area contributed by atoms with Crippen LogP contribution in [0, 0.1) is 0 Å². The Morgan fingerprint density at radius 2 is 1.94 bits per heavy atom. The Labute approximate surface area is 184 Å². The van der Waals surface area contributed by atoms with E-state index in [1.807, 2.05) is 13.0 Å². The van der Waals surface area contributed by atoms with Gasteiger partial charge < -0.3 is 24.4 Å². The van der Waals surface area contributed by atoms with Gasteiger partial charge in [0.05, 0.1) is 24.0 Å². The molecule has 0 saturated carbocycles. The molecule has 32 heavy (non-hydrogen) atoms. The number of halogens is 2. The number of aromatic nitrogens is 1. The number of carbonyl (C=O) groups is 1. The van der Waals surface area contributed by atoms with Crippen LogP contribution in [0.15, 0.2) is 47.1 Å². The highest BCUT2D eigenvalue weighted by Gasteiger charge is 2.18. The Balaban J connectivity index is 1.89. The molecule has 0 aliphatic carbocycles. The van der Waals surface area contributed by atoms with Gasteiger partial charge in [0.25, 0.3) is 5.91 Å². The van der Waals surface area contributed by atoms with Crippen LogP contribution in [0.3, 0.4) is 0 Å². The molecule has 0 saturated heterocycles. The van der Waals surface area contributed by atoms with Crippen molar-refractivity contribution in [1.29, 1.82) is 0 Å². The molecule has 7 nitrogen and oxygen atoms in total. The highest BCUT2D eigenvalue weighted by Crippen LogP contribution is 2.34. The van der Waals surface area contributed by atoms with Crippen LogP contribution in [0.25, 0.3) is 11.5 Å². The summed E-state index contributed by atoms with van der Waals surface area (Å²) in [6, 6.07) is 9.61. The molecule has 0 atom stereocenters. The summed E-state index contributed by atoms with van der Waals surface area (Å²) in [5.41, 5.74) is 7.59. The quantitative estimate of drug-likeness (QED) is 0.480. The van der Waals surface area contributed by atoms with Crippen molar-refractivity contribution in [3.63, 3.8) is 0 Å². The number of benzene rings is 2. The topological polar surface area (TPSA) is 96.8 Å². The zero-order valence-electron chi connectivity index (χ0n) is 17.9. The fourth-order valence-corrected chi connectivity index (χ4v) is 3.13. The molecular formula is C23H24F2N2O5. The molecule has 3 rings (SSSR count). The standard InChI is InChI=1S/C23H24F2N2O5/c1-4-29-20-14(6-5-7-17(20)21(26)28)10-16-12-30-22(27-16)15-8-9-18(32-23(24)25)19(11-15)31-13(2)3/h5-9,11-13,23H,4,10H2,1-3H3,(H2,26,28). The van der Waals surface area contributed by atoms with E-state index in [1.165, 1.54) is 18.4 Å². The lowest BCUT2D eigenvalue weighted by Gasteiger charge is -2.15. The number of oxazole rings is 1. The van der Waals surface area contributed by atoms with Crippen LogP contribution in [0.5, 0.6) is 17.2 Å². The lowest BCUT2D eigenvalue weighted by atomic mass is 10.0. The van der Waals surface area contributed by atoms with Crippen molar-refractivity contribution >= 4 is 5.91 Å². The van der Waals surface area contributed by atoms with E-state index in [0.29, 0.717) is 30.0 Å². The van der Waals surface area contributed by atoms with Gasteiger partial charge in [-0.15, -0.1) is 0 Å². The van der Waals surface area contributed by atoms with Gasteiger partial charge in [0, 0.05) is 17.5 Å². The third kappa shape index (κ3) is 5.54. The second-order valence-electron chi connectivity index (χ2n) is 7.12. The third-order valence-electron chi connectivity index (χ3n) is 4.34. The summed E-state index contributed by atoms with van der Waals surface area (Å²) in [5.74, 6) is 0.188. The molecule has 0 aliphatic rings. The van der Waals surface area contributed by atoms with Crippen LogP contribution < -0.4 is 19.9 Å². The second kappa shape index (κ2) is 10.1. The first kappa shape index (κ1) is 23.1. The summed E-state index contributed by atoms with van der Waals surface area (Å²) in [7, 11) is 0. The molecule has 170 valence electrons. The van der Waals surface area contributed by atoms with E-state index in [4.69, 9.17) is 19.6 Å². The molecular weight excluding hydrogens is 422 g/mol. The lowest BCUT2D eigenvalue weighted by molar-refractivity contribution is -0.0518. The molecule has 0 spiro atoms. The number of nitrogens with two attached hydrogens (primary N) is 1. The number of nitrogens with zero attached hydrogens (tertiary/aromatic N) is 1. The Morgan fingerprint density at radius 3 is 2.59 bits per heavy atom. The predicted octanol–water partition coefficient (Wildman–Crippen LogP) is 4.82. The molecule has 9 heteroatoms. The van der Waals surface area contributed by atoms with E-state index < -0.39 is 12.5 Å². The number of alkyl halides is 2. The molecule has 0 aliphatic heterocycles. The Hall–Kier alpha value is -3.62. The molecule has 0 unspecified atom stereocenters. The van der Waals surface area contributed by atoms with Crippen LogP contribution in [0.4, 0.5) is 8.78 Å². The van der Waals surface area contributed by atoms with Crippen molar-refractivity contribution in [2.24, 2.45) is 5.73 Å². The number of para-hydroxylation sites is 1. The minimum absolute atomic E-state index is 0.0751. The van der Waals surface area contributed by atoms with E-state index >= 15 is 0 Å². The first-order chi connectivity index (χ1) is 15.3. The number of rotatable bonds is 10. The second-order valence-corrected chi connectivity index (χ2v) is 7.12. The number of amides is 1. The normalized spacial score (nSPS) is 11.1. The molecule has 0 fully saturated rings. The van der Waals surface area contributed by atoms with Crippen molar-refractivity contribution in [1.82, 2.24) is 4.98 Å². The molecule has 1 aromatic heterocycles. The van der Waals surface area contributed by atoms with E-state index in [2.05, 4.69) is 9.72 Å². The van der Waals surface area contributed by atoms with E-state index in [1.54, 1.807) is 32.0 Å². The first-order valence-corrected chi connectivity index (χ1v) is 10.0. The maximum absolute atomic E-state index is 12.7. The summed E-state index contributed by atoms with van der Waals surface area (Å²) in [6.45, 7) is 2.76.